The van der Waals surface area contributed by atoms with Gasteiger partial charge in [0.15, 0.2) is 6.10 Å². The first-order chi connectivity index (χ1) is 8.41. The summed E-state index contributed by atoms with van der Waals surface area (Å²) in [4.78, 5) is 21.3. The molecule has 0 aliphatic rings. The number of methoxy groups -OCH3 is 1. The fourth-order valence-electron chi connectivity index (χ4n) is 1.05. The van der Waals surface area contributed by atoms with E-state index in [0.717, 1.165) is 7.11 Å². The Hall–Kier alpha value is -1.52. The molecule has 0 rings (SSSR count). The molecule has 1 amide bonds. The number of carbonyl (C=O) groups excluding carboxylic acids is 1. The largest absolute Gasteiger partial charge is 0.479 e. The zero-order valence-electron chi connectivity index (χ0n) is 9.30. The number of ether oxygens (including phenoxy) is 1. The molecular formula is C8H9F6NO4. The zero-order chi connectivity index (χ0) is 15.4. The number of hydrogen-bond acceptors (Lipinski definition) is 3. The fourth-order valence-corrected chi connectivity index (χ4v) is 1.05. The van der Waals surface area contributed by atoms with Crippen LogP contribution in [0.3, 0.4) is 0 Å². The summed E-state index contributed by atoms with van der Waals surface area (Å²) in [5.74, 6) is -8.24. The number of alkyl halides is 6. The highest BCUT2D eigenvalue weighted by Gasteiger charge is 2.61. The molecule has 2 N–H and O–H groups in total. The summed E-state index contributed by atoms with van der Waals surface area (Å²) in [6.07, 6.45) is -13.4. The van der Waals surface area contributed by atoms with E-state index in [4.69, 9.17) is 5.11 Å². The first-order valence-electron chi connectivity index (χ1n) is 4.58. The molecule has 0 aromatic carbocycles. The minimum atomic E-state index is -5.83. The van der Waals surface area contributed by atoms with Gasteiger partial charge < -0.3 is 15.2 Å². The molecule has 0 spiro atoms. The lowest BCUT2D eigenvalue weighted by Crippen LogP contribution is -2.50. The van der Waals surface area contributed by atoms with Crippen LogP contribution in [0.4, 0.5) is 26.3 Å². The van der Waals surface area contributed by atoms with Gasteiger partial charge in [0.2, 0.25) is 11.8 Å². The van der Waals surface area contributed by atoms with Crippen LogP contribution in [-0.4, -0.2) is 49.1 Å². The van der Waals surface area contributed by atoms with Crippen molar-refractivity contribution >= 4 is 11.9 Å². The number of carboxylic acids is 1. The molecule has 0 aromatic rings. The molecule has 0 fully saturated rings. The molecule has 1 unspecified atom stereocenters. The zero-order valence-corrected chi connectivity index (χ0v) is 9.30. The van der Waals surface area contributed by atoms with Crippen LogP contribution in [0.5, 0.6) is 0 Å². The van der Waals surface area contributed by atoms with Crippen LogP contribution >= 0.6 is 0 Å². The summed E-state index contributed by atoms with van der Waals surface area (Å²) in [6, 6.07) is 0. The monoisotopic (exact) mass is 297 g/mol. The molecule has 0 saturated carbocycles. The minimum absolute atomic E-state index is 0.871. The maximum absolute atomic E-state index is 12.1. The van der Waals surface area contributed by atoms with Crippen molar-refractivity contribution in [1.82, 2.24) is 5.32 Å². The molecule has 0 radical (unpaired) electrons. The van der Waals surface area contributed by atoms with Crippen molar-refractivity contribution in [3.63, 3.8) is 0 Å². The molecule has 0 aromatic heterocycles. The molecule has 11 heteroatoms. The van der Waals surface area contributed by atoms with Crippen molar-refractivity contribution < 1.29 is 45.8 Å². The van der Waals surface area contributed by atoms with Gasteiger partial charge >= 0.3 is 18.3 Å². The van der Waals surface area contributed by atoms with Crippen LogP contribution in [0.1, 0.15) is 0 Å². The number of rotatable bonds is 5. The molecule has 0 heterocycles. The molecule has 1 atom stereocenters. The Bertz CT molecular complexity index is 325. The molecule has 112 valence electrons. The SMILES string of the molecule is COC(CNC(=O)C(C(F)(F)F)C(F)(F)F)C(=O)O. The van der Waals surface area contributed by atoms with E-state index >= 15 is 0 Å². The Morgan fingerprint density at radius 2 is 1.58 bits per heavy atom. The highest BCUT2D eigenvalue weighted by molar-refractivity contribution is 5.81. The van der Waals surface area contributed by atoms with Crippen molar-refractivity contribution in [3.8, 4) is 0 Å². The van der Waals surface area contributed by atoms with Crippen molar-refractivity contribution in [3.05, 3.63) is 0 Å². The van der Waals surface area contributed by atoms with E-state index < -0.39 is 42.8 Å². The number of carboxylic acid groups (broad SMARTS) is 1. The van der Waals surface area contributed by atoms with Crippen LogP contribution in [-0.2, 0) is 14.3 Å². The Morgan fingerprint density at radius 3 is 1.84 bits per heavy atom. The second-order valence-electron chi connectivity index (χ2n) is 3.32. The standard InChI is InChI=1S/C8H9F6NO4/c1-19-3(6(17)18)2-15-5(16)4(7(9,10)11)8(12,13)14/h3-4H,2H2,1H3,(H,15,16)(H,17,18). The van der Waals surface area contributed by atoms with E-state index in [-0.39, 0.29) is 0 Å². The van der Waals surface area contributed by atoms with Gasteiger partial charge in [-0.15, -0.1) is 0 Å². The predicted octanol–water partition coefficient (Wildman–Crippen LogP) is 0.943. The molecule has 0 saturated heterocycles. The average Bonchev–Trinajstić information content (AvgIpc) is 2.12. The number of nitrogens with one attached hydrogen (secondary N) is 1. The molecular weight excluding hydrogens is 288 g/mol. The Balaban J connectivity index is 4.82. The van der Waals surface area contributed by atoms with Gasteiger partial charge in [0, 0.05) is 7.11 Å². The van der Waals surface area contributed by atoms with Gasteiger partial charge in [0.05, 0.1) is 6.54 Å². The third kappa shape index (κ3) is 5.32. The molecule has 5 nitrogen and oxygen atoms in total. The first-order valence-corrected chi connectivity index (χ1v) is 4.58. The second-order valence-corrected chi connectivity index (χ2v) is 3.32. The van der Waals surface area contributed by atoms with E-state index in [0.29, 0.717) is 0 Å². The third-order valence-electron chi connectivity index (χ3n) is 1.94. The highest BCUT2D eigenvalue weighted by atomic mass is 19.4. The van der Waals surface area contributed by atoms with Gasteiger partial charge in [-0.2, -0.15) is 26.3 Å². The number of halogens is 6. The summed E-state index contributed by atoms with van der Waals surface area (Å²) in [6.45, 7) is -1.02. The van der Waals surface area contributed by atoms with Crippen LogP contribution < -0.4 is 5.32 Å². The topological polar surface area (TPSA) is 75.6 Å². The average molecular weight is 297 g/mol. The highest BCUT2D eigenvalue weighted by Crippen LogP contribution is 2.39. The van der Waals surface area contributed by atoms with Crippen molar-refractivity contribution in [1.29, 1.82) is 0 Å². The molecule has 0 aliphatic carbocycles. The van der Waals surface area contributed by atoms with E-state index in [9.17, 15) is 35.9 Å². The van der Waals surface area contributed by atoms with Crippen LogP contribution in [0.2, 0.25) is 0 Å². The molecule has 19 heavy (non-hydrogen) atoms. The van der Waals surface area contributed by atoms with Crippen molar-refractivity contribution in [2.75, 3.05) is 13.7 Å². The van der Waals surface area contributed by atoms with Gasteiger partial charge in [-0.05, 0) is 0 Å². The minimum Gasteiger partial charge on any atom is -0.479 e. The smallest absolute Gasteiger partial charge is 0.409 e. The maximum atomic E-state index is 12.1. The van der Waals surface area contributed by atoms with Gasteiger partial charge in [0.25, 0.3) is 0 Å². The summed E-state index contributed by atoms with van der Waals surface area (Å²) < 4.78 is 76.9. The number of hydrogen-bond donors (Lipinski definition) is 2. The number of aliphatic carboxylic acids is 1. The lowest BCUT2D eigenvalue weighted by Gasteiger charge is -2.22. The van der Waals surface area contributed by atoms with E-state index in [1.165, 1.54) is 5.32 Å². The van der Waals surface area contributed by atoms with Crippen LogP contribution in [0.15, 0.2) is 0 Å². The summed E-state index contributed by atoms with van der Waals surface area (Å²) in [5, 5.41) is 9.67. The molecule has 0 bridgehead atoms. The number of amides is 1. The lowest BCUT2D eigenvalue weighted by molar-refractivity contribution is -0.274. The normalized spacial score (nSPS) is 14.3. The van der Waals surface area contributed by atoms with E-state index in [2.05, 4.69) is 4.74 Å². The van der Waals surface area contributed by atoms with Gasteiger partial charge in [-0.25, -0.2) is 4.79 Å². The summed E-state index contributed by atoms with van der Waals surface area (Å²) in [7, 11) is 0.871. The Kier molecular flexibility index (Phi) is 5.60. The van der Waals surface area contributed by atoms with Gasteiger partial charge in [0.1, 0.15) is 0 Å². The Labute approximate surface area is 102 Å². The second kappa shape index (κ2) is 6.08. The summed E-state index contributed by atoms with van der Waals surface area (Å²) >= 11 is 0. The van der Waals surface area contributed by atoms with Crippen LogP contribution in [0.25, 0.3) is 0 Å². The van der Waals surface area contributed by atoms with E-state index in [1.54, 1.807) is 0 Å². The van der Waals surface area contributed by atoms with Gasteiger partial charge in [-0.3, -0.25) is 4.79 Å². The first kappa shape index (κ1) is 17.5. The quantitative estimate of drug-likeness (QED) is 0.741. The fraction of sp³-hybridized carbons (Fsp3) is 0.750. The van der Waals surface area contributed by atoms with E-state index in [1.807, 2.05) is 0 Å². The van der Waals surface area contributed by atoms with Crippen molar-refractivity contribution in [2.45, 2.75) is 18.5 Å². The molecule has 0 aliphatic heterocycles. The maximum Gasteiger partial charge on any atom is 0.409 e. The predicted molar refractivity (Wildman–Crippen MR) is 47.0 cm³/mol. The van der Waals surface area contributed by atoms with Crippen molar-refractivity contribution in [2.24, 2.45) is 5.92 Å². The Morgan fingerprint density at radius 1 is 1.16 bits per heavy atom. The van der Waals surface area contributed by atoms with Crippen LogP contribution in [0, 0.1) is 5.92 Å². The summed E-state index contributed by atoms with van der Waals surface area (Å²) in [5.41, 5.74) is 0. The van der Waals surface area contributed by atoms with Gasteiger partial charge in [-0.1, -0.05) is 0 Å². The lowest BCUT2D eigenvalue weighted by atomic mass is 10.1. The number of carbonyl (C=O) groups is 2. The third-order valence-corrected chi connectivity index (χ3v) is 1.94.